The number of hydrogen-bond donors (Lipinski definition) is 3. The molecular formula is C15H24ClNO4. The standard InChI is InChI=1S/C15H23NO4.ClH/c1-9(2)4-6-12(18)15(16)11-5-7-14(13(19)8-11)20-10(3)17;/h5,7-9,12,15,18-19H,4,6,16H2,1-3H3;1H/t12-,15+;/m0./s1. The van der Waals surface area contributed by atoms with Crippen molar-refractivity contribution in [2.45, 2.75) is 45.8 Å². The van der Waals surface area contributed by atoms with Gasteiger partial charge in [0.15, 0.2) is 11.5 Å². The molecule has 0 fully saturated rings. The first-order valence-corrected chi connectivity index (χ1v) is 6.76. The number of halogens is 1. The number of aliphatic hydroxyl groups is 1. The molecule has 0 heterocycles. The quantitative estimate of drug-likeness (QED) is 0.554. The smallest absolute Gasteiger partial charge is 0.308 e. The number of carbonyl (C=O) groups is 1. The molecule has 6 heteroatoms. The van der Waals surface area contributed by atoms with Crippen molar-refractivity contribution in [3.8, 4) is 11.5 Å². The van der Waals surface area contributed by atoms with Crippen LogP contribution in [-0.2, 0) is 4.79 Å². The molecular weight excluding hydrogens is 294 g/mol. The van der Waals surface area contributed by atoms with Gasteiger partial charge in [0.1, 0.15) is 0 Å². The second-order valence-corrected chi connectivity index (χ2v) is 5.39. The molecule has 0 aromatic heterocycles. The Morgan fingerprint density at radius 3 is 2.43 bits per heavy atom. The number of carbonyl (C=O) groups excluding carboxylic acids is 1. The van der Waals surface area contributed by atoms with E-state index in [-0.39, 0.29) is 23.9 Å². The normalized spacial score (nSPS) is 13.4. The van der Waals surface area contributed by atoms with Crippen LogP contribution in [0, 0.1) is 5.92 Å². The van der Waals surface area contributed by atoms with Crippen LogP contribution in [0.25, 0.3) is 0 Å². The molecule has 0 aliphatic heterocycles. The van der Waals surface area contributed by atoms with Crippen LogP contribution < -0.4 is 10.5 Å². The molecule has 0 aliphatic carbocycles. The summed E-state index contributed by atoms with van der Waals surface area (Å²) in [6.45, 7) is 5.42. The van der Waals surface area contributed by atoms with E-state index < -0.39 is 18.1 Å². The van der Waals surface area contributed by atoms with Gasteiger partial charge in [-0.3, -0.25) is 4.79 Å². The summed E-state index contributed by atoms with van der Waals surface area (Å²) in [6.07, 6.45) is 0.814. The molecule has 1 aromatic rings. The van der Waals surface area contributed by atoms with Gasteiger partial charge < -0.3 is 20.7 Å². The predicted molar refractivity (Wildman–Crippen MR) is 83.7 cm³/mol. The molecule has 0 radical (unpaired) electrons. The van der Waals surface area contributed by atoms with Crippen molar-refractivity contribution in [3.05, 3.63) is 23.8 Å². The molecule has 2 atom stereocenters. The monoisotopic (exact) mass is 317 g/mol. The Bertz CT molecular complexity index is 465. The summed E-state index contributed by atoms with van der Waals surface area (Å²) < 4.78 is 4.83. The van der Waals surface area contributed by atoms with Gasteiger partial charge in [0.2, 0.25) is 0 Å². The van der Waals surface area contributed by atoms with Crippen molar-refractivity contribution in [1.82, 2.24) is 0 Å². The highest BCUT2D eigenvalue weighted by Gasteiger charge is 2.18. The van der Waals surface area contributed by atoms with E-state index >= 15 is 0 Å². The van der Waals surface area contributed by atoms with Crippen molar-refractivity contribution in [3.63, 3.8) is 0 Å². The van der Waals surface area contributed by atoms with Gasteiger partial charge in [0.25, 0.3) is 0 Å². The highest BCUT2D eigenvalue weighted by Crippen LogP contribution is 2.30. The first-order chi connectivity index (χ1) is 9.31. The Morgan fingerprint density at radius 2 is 1.95 bits per heavy atom. The fraction of sp³-hybridized carbons (Fsp3) is 0.533. The Labute approximate surface area is 131 Å². The summed E-state index contributed by atoms with van der Waals surface area (Å²) in [5.74, 6) is -0.0831. The number of ether oxygens (including phenoxy) is 1. The molecule has 0 amide bonds. The summed E-state index contributed by atoms with van der Waals surface area (Å²) in [4.78, 5) is 10.8. The lowest BCUT2D eigenvalue weighted by atomic mass is 9.96. The van der Waals surface area contributed by atoms with Crippen LogP contribution in [0.3, 0.4) is 0 Å². The van der Waals surface area contributed by atoms with Crippen molar-refractivity contribution in [2.75, 3.05) is 0 Å². The lowest BCUT2D eigenvalue weighted by Crippen LogP contribution is -2.26. The van der Waals surface area contributed by atoms with E-state index in [1.54, 1.807) is 6.07 Å². The molecule has 120 valence electrons. The van der Waals surface area contributed by atoms with E-state index in [4.69, 9.17) is 10.5 Å². The Hall–Kier alpha value is -1.30. The van der Waals surface area contributed by atoms with Crippen molar-refractivity contribution in [2.24, 2.45) is 11.7 Å². The van der Waals surface area contributed by atoms with Gasteiger partial charge in [-0.15, -0.1) is 12.4 Å². The summed E-state index contributed by atoms with van der Waals surface area (Å²) in [7, 11) is 0. The molecule has 0 saturated heterocycles. The minimum atomic E-state index is -0.670. The SMILES string of the molecule is CC(=O)Oc1ccc([C@@H](N)[C@@H](O)CCC(C)C)cc1O.Cl. The second-order valence-electron chi connectivity index (χ2n) is 5.39. The maximum atomic E-state index is 10.8. The maximum Gasteiger partial charge on any atom is 0.308 e. The molecule has 0 bridgehead atoms. The number of hydrogen-bond acceptors (Lipinski definition) is 5. The minimum absolute atomic E-state index is 0. The van der Waals surface area contributed by atoms with E-state index in [9.17, 15) is 15.0 Å². The Morgan fingerprint density at radius 1 is 1.33 bits per heavy atom. The van der Waals surface area contributed by atoms with Crippen LogP contribution in [0.2, 0.25) is 0 Å². The van der Waals surface area contributed by atoms with Crippen LogP contribution in [0.15, 0.2) is 18.2 Å². The Balaban J connectivity index is 0.00000400. The third-order valence-electron chi connectivity index (χ3n) is 3.08. The zero-order valence-corrected chi connectivity index (χ0v) is 13.4. The molecule has 0 unspecified atom stereocenters. The van der Waals surface area contributed by atoms with Gasteiger partial charge in [-0.1, -0.05) is 19.9 Å². The molecule has 1 rings (SSSR count). The molecule has 0 spiro atoms. The fourth-order valence-electron chi connectivity index (χ4n) is 1.89. The summed E-state index contributed by atoms with van der Waals surface area (Å²) in [5.41, 5.74) is 6.58. The fourth-order valence-corrected chi connectivity index (χ4v) is 1.89. The summed E-state index contributed by atoms with van der Waals surface area (Å²) in [6, 6.07) is 3.95. The van der Waals surface area contributed by atoms with Crippen LogP contribution in [0.4, 0.5) is 0 Å². The van der Waals surface area contributed by atoms with Gasteiger partial charge in [-0.2, -0.15) is 0 Å². The summed E-state index contributed by atoms with van der Waals surface area (Å²) in [5, 5.41) is 19.8. The number of phenols is 1. The highest BCUT2D eigenvalue weighted by atomic mass is 35.5. The van der Waals surface area contributed by atoms with Gasteiger partial charge >= 0.3 is 5.97 Å². The Kier molecular flexibility index (Phi) is 8.32. The number of phenolic OH excluding ortho intramolecular Hbond substituents is 1. The zero-order valence-electron chi connectivity index (χ0n) is 12.6. The van der Waals surface area contributed by atoms with Crippen molar-refractivity contribution >= 4 is 18.4 Å². The molecule has 21 heavy (non-hydrogen) atoms. The number of nitrogens with two attached hydrogens (primary N) is 1. The molecule has 5 nitrogen and oxygen atoms in total. The topological polar surface area (TPSA) is 92.8 Å². The van der Waals surface area contributed by atoms with Crippen molar-refractivity contribution < 1.29 is 19.7 Å². The largest absolute Gasteiger partial charge is 0.504 e. The molecule has 0 aliphatic rings. The lowest BCUT2D eigenvalue weighted by Gasteiger charge is -2.20. The zero-order chi connectivity index (χ0) is 15.3. The van der Waals surface area contributed by atoms with Crippen molar-refractivity contribution in [1.29, 1.82) is 0 Å². The average Bonchev–Trinajstić information content (AvgIpc) is 2.37. The molecule has 0 saturated carbocycles. The highest BCUT2D eigenvalue weighted by molar-refractivity contribution is 5.85. The molecule has 4 N–H and O–H groups in total. The maximum absolute atomic E-state index is 10.8. The third kappa shape index (κ3) is 6.33. The van der Waals surface area contributed by atoms with E-state index in [1.807, 2.05) is 0 Å². The summed E-state index contributed by atoms with van der Waals surface area (Å²) >= 11 is 0. The lowest BCUT2D eigenvalue weighted by molar-refractivity contribution is -0.132. The minimum Gasteiger partial charge on any atom is -0.504 e. The van der Waals surface area contributed by atoms with Crippen LogP contribution in [0.5, 0.6) is 11.5 Å². The first kappa shape index (κ1) is 19.7. The van der Waals surface area contributed by atoms with Gasteiger partial charge in [-0.25, -0.2) is 0 Å². The van der Waals surface area contributed by atoms with Gasteiger partial charge in [0, 0.05) is 6.92 Å². The number of benzene rings is 1. The van der Waals surface area contributed by atoms with E-state index in [2.05, 4.69) is 13.8 Å². The number of aromatic hydroxyl groups is 1. The third-order valence-corrected chi connectivity index (χ3v) is 3.08. The van der Waals surface area contributed by atoms with Crippen LogP contribution >= 0.6 is 12.4 Å². The van der Waals surface area contributed by atoms with Crippen LogP contribution in [0.1, 0.15) is 45.2 Å². The first-order valence-electron chi connectivity index (χ1n) is 6.76. The van der Waals surface area contributed by atoms with Gasteiger partial charge in [-0.05, 0) is 36.5 Å². The number of rotatable bonds is 6. The molecule has 1 aromatic carbocycles. The van der Waals surface area contributed by atoms with E-state index in [1.165, 1.54) is 19.1 Å². The number of aliphatic hydroxyl groups excluding tert-OH is 1. The predicted octanol–water partition coefficient (Wildman–Crippen LogP) is 2.54. The van der Waals surface area contributed by atoms with Gasteiger partial charge in [0.05, 0.1) is 12.1 Å². The van der Waals surface area contributed by atoms with E-state index in [0.717, 1.165) is 6.42 Å². The average molecular weight is 318 g/mol. The van der Waals surface area contributed by atoms with E-state index in [0.29, 0.717) is 17.9 Å². The number of esters is 1. The van der Waals surface area contributed by atoms with Crippen LogP contribution in [-0.4, -0.2) is 22.3 Å². The second kappa shape index (κ2) is 8.87.